The fraction of sp³-hybridized carbons (Fsp3) is 0.0952. The largest absolute Gasteiger partial charge is 0.466 e. The van der Waals surface area contributed by atoms with Crippen molar-refractivity contribution in [2.75, 3.05) is 0 Å². The Kier molecular flexibility index (Phi) is 3.27. The Morgan fingerprint density at radius 2 is 1.80 bits per heavy atom. The summed E-state index contributed by atoms with van der Waals surface area (Å²) in [6.45, 7) is 16.8. The Hall–Kier alpha value is -3.63. The van der Waals surface area contributed by atoms with Crippen molar-refractivity contribution < 1.29 is 8.98 Å². The van der Waals surface area contributed by atoms with E-state index in [1.54, 1.807) is 12.1 Å². The average Bonchev–Trinajstić information content (AvgIpc) is 3.00. The second kappa shape index (κ2) is 5.47. The summed E-state index contributed by atoms with van der Waals surface area (Å²) >= 11 is 0. The molecule has 118 valence electrons. The number of nitrogens with zero attached hydrogens (tertiary/aromatic N) is 3. The van der Waals surface area contributed by atoms with Gasteiger partial charge < -0.3 is 4.42 Å². The summed E-state index contributed by atoms with van der Waals surface area (Å²) in [5.41, 5.74) is 5.28. The highest BCUT2D eigenvalue weighted by Gasteiger charge is 2.21. The lowest BCUT2D eigenvalue weighted by atomic mass is 10.0. The molecule has 0 spiro atoms. The molecule has 4 nitrogen and oxygen atoms in total. The third-order valence-corrected chi connectivity index (χ3v) is 4.47. The van der Waals surface area contributed by atoms with Gasteiger partial charge in [0.2, 0.25) is 11.4 Å². The van der Waals surface area contributed by atoms with Gasteiger partial charge in [0.15, 0.2) is 11.9 Å². The van der Waals surface area contributed by atoms with Crippen molar-refractivity contribution in [2.24, 2.45) is 7.05 Å². The highest BCUT2D eigenvalue weighted by Crippen LogP contribution is 2.42. The van der Waals surface area contributed by atoms with Gasteiger partial charge >= 0.3 is 0 Å². The number of hydrogen-bond donors (Lipinski definition) is 0. The zero-order chi connectivity index (χ0) is 17.6. The molecular formula is C21H14N3O+. The molecule has 2 aromatic heterocycles. The van der Waals surface area contributed by atoms with Crippen LogP contribution in [0.2, 0.25) is 0 Å². The molecule has 2 heterocycles. The second-order valence-electron chi connectivity index (χ2n) is 6.00. The number of aryl methyl sites for hydroxylation is 2. The molecule has 0 saturated carbocycles. The maximum absolute atomic E-state index is 7.42. The number of fused-ring (bicyclic) bond motifs is 3. The highest BCUT2D eigenvalue weighted by atomic mass is 16.3. The Morgan fingerprint density at radius 1 is 0.960 bits per heavy atom. The van der Waals surface area contributed by atoms with Crippen LogP contribution in [-0.2, 0) is 7.05 Å². The van der Waals surface area contributed by atoms with Crippen LogP contribution < -0.4 is 4.57 Å². The summed E-state index contributed by atoms with van der Waals surface area (Å²) in [7, 11) is 2.00. The molecular weight excluding hydrogens is 310 g/mol. The topological polar surface area (TPSA) is 25.7 Å². The standard InChI is InChI=1S/C21H14N3O/c1-13-8-9-15-16-11-14(22-2)12-17(23-3)20(16)25-21(15)19(13)18-7-5-6-10-24(18)4/h5-12H,1,4H3/q+1. The fourth-order valence-electron chi connectivity index (χ4n) is 3.26. The lowest BCUT2D eigenvalue weighted by Gasteiger charge is -2.05. The summed E-state index contributed by atoms with van der Waals surface area (Å²) in [5.74, 6) is 0. The summed E-state index contributed by atoms with van der Waals surface area (Å²) in [5, 5.41) is 1.74. The quantitative estimate of drug-likeness (QED) is 0.336. The molecule has 0 N–H and O–H groups in total. The smallest absolute Gasteiger partial charge is 0.219 e. The third kappa shape index (κ3) is 2.16. The first kappa shape index (κ1) is 14.9. The van der Waals surface area contributed by atoms with Gasteiger partial charge in [0.05, 0.1) is 18.7 Å². The minimum absolute atomic E-state index is 0.376. The van der Waals surface area contributed by atoms with E-state index in [1.807, 2.05) is 31.4 Å². The zero-order valence-electron chi connectivity index (χ0n) is 13.9. The number of benzene rings is 2. The van der Waals surface area contributed by atoms with Crippen molar-refractivity contribution in [1.29, 1.82) is 0 Å². The van der Waals surface area contributed by atoms with Gasteiger partial charge in [-0.2, -0.15) is 0 Å². The van der Waals surface area contributed by atoms with Crippen LogP contribution in [0.25, 0.3) is 42.9 Å². The summed E-state index contributed by atoms with van der Waals surface area (Å²) in [4.78, 5) is 7.04. The van der Waals surface area contributed by atoms with Crippen molar-refractivity contribution in [3.05, 3.63) is 77.1 Å². The van der Waals surface area contributed by atoms with Crippen LogP contribution >= 0.6 is 0 Å². The lowest BCUT2D eigenvalue weighted by molar-refractivity contribution is -0.660. The molecule has 0 aliphatic rings. The van der Waals surface area contributed by atoms with Gasteiger partial charge in [-0.1, -0.05) is 12.1 Å². The molecule has 0 bridgehead atoms. The molecule has 2 aromatic carbocycles. The van der Waals surface area contributed by atoms with E-state index >= 15 is 0 Å². The SMILES string of the molecule is [C-]#[N+]c1cc([N+]#[C-])c2oc3c(-c4cccc[n+]4C)c(C)ccc3c2c1. The van der Waals surface area contributed by atoms with E-state index in [9.17, 15) is 0 Å². The minimum atomic E-state index is 0.376. The number of rotatable bonds is 1. The Balaban J connectivity index is 2.20. The highest BCUT2D eigenvalue weighted by molar-refractivity contribution is 6.13. The van der Waals surface area contributed by atoms with E-state index in [-0.39, 0.29) is 0 Å². The van der Waals surface area contributed by atoms with Crippen LogP contribution in [0.3, 0.4) is 0 Å². The van der Waals surface area contributed by atoms with Crippen LogP contribution in [0.4, 0.5) is 11.4 Å². The van der Waals surface area contributed by atoms with Gasteiger partial charge in [-0.15, -0.1) is 0 Å². The van der Waals surface area contributed by atoms with Crippen LogP contribution in [0.1, 0.15) is 5.56 Å². The molecule has 0 aliphatic carbocycles. The molecule has 4 rings (SSSR count). The lowest BCUT2D eigenvalue weighted by Crippen LogP contribution is -2.30. The normalized spacial score (nSPS) is 10.7. The minimum Gasteiger partial charge on any atom is -0.466 e. The monoisotopic (exact) mass is 324 g/mol. The van der Waals surface area contributed by atoms with Crippen LogP contribution in [0.5, 0.6) is 0 Å². The number of pyridine rings is 1. The van der Waals surface area contributed by atoms with Crippen molar-refractivity contribution in [1.82, 2.24) is 0 Å². The van der Waals surface area contributed by atoms with Crippen LogP contribution in [0, 0.1) is 20.1 Å². The van der Waals surface area contributed by atoms with Crippen molar-refractivity contribution in [2.45, 2.75) is 6.92 Å². The van der Waals surface area contributed by atoms with Crippen molar-refractivity contribution >= 4 is 33.3 Å². The molecule has 0 saturated heterocycles. The van der Waals surface area contributed by atoms with E-state index in [0.29, 0.717) is 17.0 Å². The molecule has 0 atom stereocenters. The molecule has 0 fully saturated rings. The fourth-order valence-corrected chi connectivity index (χ4v) is 3.26. The van der Waals surface area contributed by atoms with Gasteiger partial charge in [-0.05, 0) is 30.7 Å². The summed E-state index contributed by atoms with van der Waals surface area (Å²) in [6, 6.07) is 13.5. The van der Waals surface area contributed by atoms with E-state index < -0.39 is 0 Å². The first-order valence-corrected chi connectivity index (χ1v) is 7.84. The Labute approximate surface area is 145 Å². The average molecular weight is 324 g/mol. The second-order valence-corrected chi connectivity index (χ2v) is 6.00. The van der Waals surface area contributed by atoms with Gasteiger partial charge in [-0.25, -0.2) is 14.3 Å². The van der Waals surface area contributed by atoms with E-state index in [4.69, 9.17) is 17.6 Å². The number of hydrogen-bond acceptors (Lipinski definition) is 1. The van der Waals surface area contributed by atoms with Crippen LogP contribution in [0.15, 0.2) is 53.1 Å². The van der Waals surface area contributed by atoms with Gasteiger partial charge in [-0.3, -0.25) is 0 Å². The molecule has 4 heteroatoms. The number of furan rings is 1. The predicted molar refractivity (Wildman–Crippen MR) is 97.6 cm³/mol. The maximum Gasteiger partial charge on any atom is 0.219 e. The first-order valence-electron chi connectivity index (χ1n) is 7.84. The van der Waals surface area contributed by atoms with E-state index in [2.05, 4.69) is 33.3 Å². The Morgan fingerprint density at radius 3 is 2.52 bits per heavy atom. The van der Waals surface area contributed by atoms with Gasteiger partial charge in [0, 0.05) is 22.9 Å². The molecule has 0 aliphatic heterocycles. The summed E-state index contributed by atoms with van der Waals surface area (Å²) in [6.07, 6.45) is 2.00. The molecule has 4 aromatic rings. The molecule has 0 unspecified atom stereocenters. The first-order chi connectivity index (χ1) is 12.1. The maximum atomic E-state index is 7.42. The van der Waals surface area contributed by atoms with Gasteiger partial charge in [0.25, 0.3) is 0 Å². The van der Waals surface area contributed by atoms with Crippen molar-refractivity contribution in [3.63, 3.8) is 0 Å². The molecule has 0 amide bonds. The van der Waals surface area contributed by atoms with Gasteiger partial charge in [0.1, 0.15) is 18.2 Å². The molecule has 25 heavy (non-hydrogen) atoms. The zero-order valence-corrected chi connectivity index (χ0v) is 13.9. The van der Waals surface area contributed by atoms with Crippen molar-refractivity contribution in [3.8, 4) is 11.3 Å². The van der Waals surface area contributed by atoms with Crippen LogP contribution in [-0.4, -0.2) is 0 Å². The predicted octanol–water partition coefficient (Wildman–Crippen LogP) is 5.49. The van der Waals surface area contributed by atoms with E-state index in [1.165, 1.54) is 0 Å². The summed E-state index contributed by atoms with van der Waals surface area (Å²) < 4.78 is 8.22. The van der Waals surface area contributed by atoms with E-state index in [0.717, 1.165) is 33.2 Å². The number of aromatic nitrogens is 1. The molecule has 0 radical (unpaired) electrons. The Bertz CT molecular complexity index is 1240. The third-order valence-electron chi connectivity index (χ3n) is 4.47.